The quantitative estimate of drug-likeness (QED) is 0.775. The van der Waals surface area contributed by atoms with Crippen molar-refractivity contribution in [1.82, 2.24) is 5.32 Å². The largest absolute Gasteiger partial charge is 0.482 e. The number of benzene rings is 1. The van der Waals surface area contributed by atoms with Crippen molar-refractivity contribution in [2.45, 2.75) is 52.1 Å². The minimum Gasteiger partial charge on any atom is -0.482 e. The van der Waals surface area contributed by atoms with Crippen molar-refractivity contribution in [2.75, 3.05) is 6.61 Å². The molecule has 1 aromatic carbocycles. The van der Waals surface area contributed by atoms with Crippen LogP contribution in [0.3, 0.4) is 0 Å². The number of nitrogens with two attached hydrogens (primary N) is 1. The Kier molecular flexibility index (Phi) is 7.54. The van der Waals surface area contributed by atoms with E-state index in [1.165, 1.54) is 0 Å². The summed E-state index contributed by atoms with van der Waals surface area (Å²) in [5, 5.41) is 3.40. The lowest BCUT2D eigenvalue weighted by Gasteiger charge is -2.16. The SMILES string of the molecule is CCCC(C)NC(=O)COc1c(Cl)cccc1CC(C)N. The molecule has 0 saturated carbocycles. The first-order chi connectivity index (χ1) is 9.93. The molecule has 0 saturated heterocycles. The Morgan fingerprint density at radius 2 is 2.14 bits per heavy atom. The van der Waals surface area contributed by atoms with Gasteiger partial charge in [-0.25, -0.2) is 0 Å². The molecule has 3 N–H and O–H groups in total. The zero-order chi connectivity index (χ0) is 15.8. The van der Waals surface area contributed by atoms with Crippen molar-refractivity contribution in [1.29, 1.82) is 0 Å². The third-order valence-corrected chi connectivity index (χ3v) is 3.36. The van der Waals surface area contributed by atoms with Crippen LogP contribution in [0, 0.1) is 0 Å². The number of halogens is 1. The number of hydrogen-bond acceptors (Lipinski definition) is 3. The molecule has 0 aromatic heterocycles. The number of hydrogen-bond donors (Lipinski definition) is 2. The van der Waals surface area contributed by atoms with Crippen LogP contribution in [0.4, 0.5) is 0 Å². The van der Waals surface area contributed by atoms with Crippen LogP contribution in [0.1, 0.15) is 39.2 Å². The first-order valence-electron chi connectivity index (χ1n) is 7.39. The third kappa shape index (κ3) is 6.36. The Hall–Kier alpha value is -1.26. The molecule has 0 heterocycles. The minimum absolute atomic E-state index is 0.00391. The van der Waals surface area contributed by atoms with Gasteiger partial charge in [-0.05, 0) is 38.3 Å². The van der Waals surface area contributed by atoms with Crippen molar-refractivity contribution in [3.8, 4) is 5.75 Å². The van der Waals surface area contributed by atoms with Crippen LogP contribution in [-0.2, 0) is 11.2 Å². The van der Waals surface area contributed by atoms with Gasteiger partial charge in [-0.3, -0.25) is 4.79 Å². The lowest BCUT2D eigenvalue weighted by Crippen LogP contribution is -2.36. The Balaban J connectivity index is 2.64. The fourth-order valence-electron chi connectivity index (χ4n) is 2.18. The summed E-state index contributed by atoms with van der Waals surface area (Å²) < 4.78 is 5.61. The second-order valence-corrected chi connectivity index (χ2v) is 5.86. The molecule has 2 unspecified atom stereocenters. The van der Waals surface area contributed by atoms with Gasteiger partial charge in [0.15, 0.2) is 6.61 Å². The molecular formula is C16H25ClN2O2. The van der Waals surface area contributed by atoms with E-state index in [1.54, 1.807) is 6.07 Å². The number of para-hydroxylation sites is 1. The number of carbonyl (C=O) groups is 1. The normalized spacial score (nSPS) is 13.6. The first kappa shape index (κ1) is 17.8. The van der Waals surface area contributed by atoms with Crippen LogP contribution in [0.25, 0.3) is 0 Å². The van der Waals surface area contributed by atoms with Crippen molar-refractivity contribution < 1.29 is 9.53 Å². The van der Waals surface area contributed by atoms with E-state index >= 15 is 0 Å². The zero-order valence-electron chi connectivity index (χ0n) is 13.0. The summed E-state index contributed by atoms with van der Waals surface area (Å²) in [6.07, 6.45) is 2.64. The average Bonchev–Trinajstić information content (AvgIpc) is 2.37. The summed E-state index contributed by atoms with van der Waals surface area (Å²) in [5.41, 5.74) is 6.74. The molecule has 21 heavy (non-hydrogen) atoms. The van der Waals surface area contributed by atoms with Gasteiger partial charge in [-0.1, -0.05) is 37.1 Å². The molecule has 0 spiro atoms. The van der Waals surface area contributed by atoms with Crippen molar-refractivity contribution in [3.05, 3.63) is 28.8 Å². The standard InChI is InChI=1S/C16H25ClN2O2/c1-4-6-12(3)19-15(20)10-21-16-13(9-11(2)18)7-5-8-14(16)17/h5,7-8,11-12H,4,6,9-10,18H2,1-3H3,(H,19,20). The highest BCUT2D eigenvalue weighted by Gasteiger charge is 2.13. The number of nitrogens with one attached hydrogen (secondary N) is 1. The van der Waals surface area contributed by atoms with Crippen LogP contribution in [0.15, 0.2) is 18.2 Å². The maximum absolute atomic E-state index is 11.8. The average molecular weight is 313 g/mol. The maximum atomic E-state index is 11.8. The number of amides is 1. The Bertz CT molecular complexity index is 464. The van der Waals surface area contributed by atoms with E-state index < -0.39 is 0 Å². The Morgan fingerprint density at radius 1 is 1.43 bits per heavy atom. The van der Waals surface area contributed by atoms with Gasteiger partial charge in [-0.2, -0.15) is 0 Å². The summed E-state index contributed by atoms with van der Waals surface area (Å²) in [7, 11) is 0. The van der Waals surface area contributed by atoms with Gasteiger partial charge in [0.25, 0.3) is 5.91 Å². The molecule has 0 radical (unpaired) electrons. The third-order valence-electron chi connectivity index (χ3n) is 3.07. The van der Waals surface area contributed by atoms with Crippen molar-refractivity contribution in [3.63, 3.8) is 0 Å². The molecule has 0 bridgehead atoms. The minimum atomic E-state index is -0.136. The molecule has 2 atom stereocenters. The molecule has 4 nitrogen and oxygen atoms in total. The molecule has 1 rings (SSSR count). The van der Waals surface area contributed by atoms with Gasteiger partial charge in [-0.15, -0.1) is 0 Å². The summed E-state index contributed by atoms with van der Waals surface area (Å²) in [6.45, 7) is 5.95. The topological polar surface area (TPSA) is 64.3 Å². The van der Waals surface area contributed by atoms with Crippen molar-refractivity contribution in [2.24, 2.45) is 5.73 Å². The highest BCUT2D eigenvalue weighted by Crippen LogP contribution is 2.29. The van der Waals surface area contributed by atoms with Crippen molar-refractivity contribution >= 4 is 17.5 Å². The molecule has 0 fully saturated rings. The van der Waals surface area contributed by atoms with Crippen LogP contribution in [0.2, 0.25) is 5.02 Å². The maximum Gasteiger partial charge on any atom is 0.258 e. The van der Waals surface area contributed by atoms with E-state index in [0.29, 0.717) is 17.2 Å². The molecule has 1 amide bonds. The molecule has 0 aliphatic heterocycles. The predicted octanol–water partition coefficient (Wildman–Crippen LogP) is 2.91. The zero-order valence-corrected chi connectivity index (χ0v) is 13.7. The first-order valence-corrected chi connectivity index (χ1v) is 7.77. The van der Waals surface area contributed by atoms with Crippen LogP contribution in [-0.4, -0.2) is 24.6 Å². The van der Waals surface area contributed by atoms with Gasteiger partial charge < -0.3 is 15.8 Å². The summed E-state index contributed by atoms with van der Waals surface area (Å²) in [4.78, 5) is 11.8. The molecule has 5 heteroatoms. The monoisotopic (exact) mass is 312 g/mol. The number of carbonyl (C=O) groups excluding carboxylic acids is 1. The highest BCUT2D eigenvalue weighted by molar-refractivity contribution is 6.32. The van der Waals surface area contributed by atoms with E-state index in [4.69, 9.17) is 22.1 Å². The predicted molar refractivity (Wildman–Crippen MR) is 86.8 cm³/mol. The second kappa shape index (κ2) is 8.90. The molecular weight excluding hydrogens is 288 g/mol. The second-order valence-electron chi connectivity index (χ2n) is 5.46. The lowest BCUT2D eigenvalue weighted by atomic mass is 10.1. The lowest BCUT2D eigenvalue weighted by molar-refractivity contribution is -0.123. The molecule has 118 valence electrons. The van der Waals surface area contributed by atoms with E-state index in [2.05, 4.69) is 12.2 Å². The Morgan fingerprint density at radius 3 is 2.76 bits per heavy atom. The van der Waals surface area contributed by atoms with Gasteiger partial charge in [0.2, 0.25) is 0 Å². The van der Waals surface area contributed by atoms with Gasteiger partial charge >= 0.3 is 0 Å². The molecule has 0 aliphatic rings. The Labute approximate surface area is 132 Å². The summed E-state index contributed by atoms with van der Waals surface area (Å²) in [6, 6.07) is 5.68. The van der Waals surface area contributed by atoms with Gasteiger partial charge in [0, 0.05) is 12.1 Å². The fraction of sp³-hybridized carbons (Fsp3) is 0.562. The summed E-state index contributed by atoms with van der Waals surface area (Å²) >= 11 is 6.15. The van der Waals surface area contributed by atoms with Crippen LogP contribution in [0.5, 0.6) is 5.75 Å². The van der Waals surface area contributed by atoms with Crippen LogP contribution < -0.4 is 15.8 Å². The molecule has 0 aliphatic carbocycles. The summed E-state index contributed by atoms with van der Waals surface area (Å²) in [5.74, 6) is 0.414. The number of ether oxygens (including phenoxy) is 1. The van der Waals surface area contributed by atoms with E-state index in [9.17, 15) is 4.79 Å². The molecule has 1 aromatic rings. The number of rotatable bonds is 8. The van der Waals surface area contributed by atoms with E-state index in [0.717, 1.165) is 18.4 Å². The van der Waals surface area contributed by atoms with E-state index in [1.807, 2.05) is 26.0 Å². The van der Waals surface area contributed by atoms with Gasteiger partial charge in [0.05, 0.1) is 5.02 Å². The van der Waals surface area contributed by atoms with Gasteiger partial charge in [0.1, 0.15) is 5.75 Å². The highest BCUT2D eigenvalue weighted by atomic mass is 35.5. The smallest absolute Gasteiger partial charge is 0.258 e. The van der Waals surface area contributed by atoms with E-state index in [-0.39, 0.29) is 24.6 Å². The van der Waals surface area contributed by atoms with Crippen LogP contribution >= 0.6 is 11.6 Å². The fourth-order valence-corrected chi connectivity index (χ4v) is 2.43.